The molecule has 0 aromatic heterocycles. The van der Waals surface area contributed by atoms with Crippen LogP contribution in [0, 0.1) is 0 Å². The van der Waals surface area contributed by atoms with E-state index in [2.05, 4.69) is 10.6 Å². The molecule has 0 saturated carbocycles. The lowest BCUT2D eigenvalue weighted by Crippen LogP contribution is -2.32. The Kier molecular flexibility index (Phi) is 6.90. The molecule has 0 radical (unpaired) electrons. The number of benzene rings is 1. The number of carbonyl (C=O) groups excluding carboxylic acids is 1. The van der Waals surface area contributed by atoms with Crippen molar-refractivity contribution in [2.24, 2.45) is 0 Å². The number of aromatic hydroxyl groups is 2. The lowest BCUT2D eigenvalue weighted by Gasteiger charge is -2.19. The minimum absolute atomic E-state index is 0.0311. The van der Waals surface area contributed by atoms with Crippen LogP contribution >= 0.6 is 0 Å². The standard InChI is InChI=1S/C17H26N2O4/c1-12(13-9-14(20)11-15(21)10-13)18-7-5-6-8-19-16(22)23-17(2,3)4/h5-6,9-12,18,20-21H,7-8H2,1-4H3,(H,19,22)/b6-5+. The van der Waals surface area contributed by atoms with E-state index in [0.717, 1.165) is 5.56 Å². The first-order chi connectivity index (χ1) is 10.7. The summed E-state index contributed by atoms with van der Waals surface area (Å²) in [5.41, 5.74) is 0.292. The molecule has 6 nitrogen and oxygen atoms in total. The molecule has 1 aromatic rings. The molecule has 0 aliphatic rings. The minimum atomic E-state index is -0.502. The smallest absolute Gasteiger partial charge is 0.407 e. The number of ether oxygens (including phenoxy) is 1. The SMILES string of the molecule is CC(NC/C=C/CNC(=O)OC(C)(C)C)c1cc(O)cc(O)c1. The maximum atomic E-state index is 11.4. The summed E-state index contributed by atoms with van der Waals surface area (Å²) in [6.45, 7) is 8.35. The van der Waals surface area contributed by atoms with Crippen LogP contribution in [-0.4, -0.2) is 35.0 Å². The van der Waals surface area contributed by atoms with Crippen LogP contribution in [-0.2, 0) is 4.74 Å². The van der Waals surface area contributed by atoms with Gasteiger partial charge in [0, 0.05) is 25.2 Å². The molecule has 6 heteroatoms. The molecule has 0 bridgehead atoms. The fourth-order valence-corrected chi connectivity index (χ4v) is 1.85. The van der Waals surface area contributed by atoms with Gasteiger partial charge in [-0.15, -0.1) is 0 Å². The van der Waals surface area contributed by atoms with Crippen molar-refractivity contribution in [3.05, 3.63) is 35.9 Å². The van der Waals surface area contributed by atoms with Crippen LogP contribution in [0.1, 0.15) is 39.3 Å². The predicted molar refractivity (Wildman–Crippen MR) is 89.6 cm³/mol. The molecule has 0 spiro atoms. The quantitative estimate of drug-likeness (QED) is 0.605. The van der Waals surface area contributed by atoms with Gasteiger partial charge in [0.2, 0.25) is 0 Å². The Balaban J connectivity index is 2.29. The number of carbonyl (C=O) groups is 1. The third kappa shape index (κ3) is 8.11. The van der Waals surface area contributed by atoms with Gasteiger partial charge in [-0.25, -0.2) is 4.79 Å². The summed E-state index contributed by atoms with van der Waals surface area (Å²) in [6.07, 6.45) is 3.26. The molecular weight excluding hydrogens is 296 g/mol. The summed E-state index contributed by atoms with van der Waals surface area (Å²) in [5, 5.41) is 24.8. The largest absolute Gasteiger partial charge is 0.508 e. The van der Waals surface area contributed by atoms with Crippen molar-refractivity contribution in [3.8, 4) is 11.5 Å². The van der Waals surface area contributed by atoms with Crippen molar-refractivity contribution < 1.29 is 19.7 Å². The van der Waals surface area contributed by atoms with Gasteiger partial charge in [-0.2, -0.15) is 0 Å². The first kappa shape index (κ1) is 18.8. The van der Waals surface area contributed by atoms with E-state index in [0.29, 0.717) is 13.1 Å². The highest BCUT2D eigenvalue weighted by atomic mass is 16.6. The van der Waals surface area contributed by atoms with E-state index in [4.69, 9.17) is 4.74 Å². The number of amides is 1. The third-order valence-electron chi connectivity index (χ3n) is 2.90. The van der Waals surface area contributed by atoms with E-state index in [-0.39, 0.29) is 17.5 Å². The summed E-state index contributed by atoms with van der Waals surface area (Å²) in [4.78, 5) is 11.4. The molecule has 0 fully saturated rings. The highest BCUT2D eigenvalue weighted by Gasteiger charge is 2.14. The number of alkyl carbamates (subject to hydrolysis) is 1. The molecule has 0 heterocycles. The van der Waals surface area contributed by atoms with Crippen molar-refractivity contribution in [1.29, 1.82) is 0 Å². The molecule has 1 atom stereocenters. The zero-order valence-corrected chi connectivity index (χ0v) is 14.1. The molecule has 128 valence electrons. The first-order valence-electron chi connectivity index (χ1n) is 7.55. The normalized spacial score (nSPS) is 13.0. The van der Waals surface area contributed by atoms with Crippen LogP contribution in [0.5, 0.6) is 11.5 Å². The molecule has 0 saturated heterocycles. The Morgan fingerprint density at radius 2 is 1.74 bits per heavy atom. The van der Waals surface area contributed by atoms with Gasteiger partial charge in [-0.05, 0) is 45.4 Å². The monoisotopic (exact) mass is 322 g/mol. The molecule has 1 unspecified atom stereocenters. The summed E-state index contributed by atoms with van der Waals surface area (Å²) in [7, 11) is 0. The maximum absolute atomic E-state index is 11.4. The highest BCUT2D eigenvalue weighted by Crippen LogP contribution is 2.24. The van der Waals surface area contributed by atoms with Crippen LogP contribution in [0.15, 0.2) is 30.4 Å². The van der Waals surface area contributed by atoms with Crippen molar-refractivity contribution in [1.82, 2.24) is 10.6 Å². The molecule has 1 aromatic carbocycles. The predicted octanol–water partition coefficient (Wildman–Crippen LogP) is 2.83. The fraction of sp³-hybridized carbons (Fsp3) is 0.471. The van der Waals surface area contributed by atoms with E-state index >= 15 is 0 Å². The van der Waals surface area contributed by atoms with Crippen LogP contribution in [0.25, 0.3) is 0 Å². The zero-order valence-electron chi connectivity index (χ0n) is 14.1. The van der Waals surface area contributed by atoms with Crippen LogP contribution < -0.4 is 10.6 Å². The van der Waals surface area contributed by atoms with Crippen molar-refractivity contribution in [2.75, 3.05) is 13.1 Å². The Bertz CT molecular complexity index is 530. The zero-order chi connectivity index (χ0) is 17.5. The van der Waals surface area contributed by atoms with Gasteiger partial charge in [0.1, 0.15) is 17.1 Å². The average molecular weight is 322 g/mol. The van der Waals surface area contributed by atoms with E-state index in [1.54, 1.807) is 12.1 Å². The molecule has 23 heavy (non-hydrogen) atoms. The van der Waals surface area contributed by atoms with Gasteiger partial charge < -0.3 is 25.6 Å². The Hall–Kier alpha value is -2.21. The van der Waals surface area contributed by atoms with Crippen molar-refractivity contribution >= 4 is 6.09 Å². The van der Waals surface area contributed by atoms with Gasteiger partial charge in [0.25, 0.3) is 0 Å². The second-order valence-electron chi connectivity index (χ2n) is 6.27. The summed E-state index contributed by atoms with van der Waals surface area (Å²) in [5.74, 6) is 0.0662. The maximum Gasteiger partial charge on any atom is 0.407 e. The lowest BCUT2D eigenvalue weighted by atomic mass is 10.1. The van der Waals surface area contributed by atoms with Gasteiger partial charge in [-0.1, -0.05) is 12.2 Å². The number of rotatable bonds is 6. The van der Waals surface area contributed by atoms with E-state index < -0.39 is 11.7 Å². The van der Waals surface area contributed by atoms with Crippen molar-refractivity contribution in [2.45, 2.75) is 39.3 Å². The Morgan fingerprint density at radius 1 is 1.17 bits per heavy atom. The van der Waals surface area contributed by atoms with Crippen molar-refractivity contribution in [3.63, 3.8) is 0 Å². The summed E-state index contributed by atoms with van der Waals surface area (Å²) in [6, 6.07) is 4.46. The van der Waals surface area contributed by atoms with Gasteiger partial charge in [0.05, 0.1) is 0 Å². The van der Waals surface area contributed by atoms with Gasteiger partial charge >= 0.3 is 6.09 Å². The molecule has 4 N–H and O–H groups in total. The van der Waals surface area contributed by atoms with Crippen LogP contribution in [0.4, 0.5) is 4.79 Å². The van der Waals surface area contributed by atoms with E-state index in [1.165, 1.54) is 6.07 Å². The molecular formula is C17H26N2O4. The Morgan fingerprint density at radius 3 is 2.30 bits per heavy atom. The summed E-state index contributed by atoms with van der Waals surface area (Å²) < 4.78 is 5.12. The summed E-state index contributed by atoms with van der Waals surface area (Å²) >= 11 is 0. The van der Waals surface area contributed by atoms with Gasteiger partial charge in [0.15, 0.2) is 0 Å². The number of nitrogens with one attached hydrogen (secondary N) is 2. The minimum Gasteiger partial charge on any atom is -0.508 e. The van der Waals surface area contributed by atoms with Crippen LogP contribution in [0.3, 0.4) is 0 Å². The second kappa shape index (κ2) is 8.43. The lowest BCUT2D eigenvalue weighted by molar-refractivity contribution is 0.0534. The fourth-order valence-electron chi connectivity index (χ4n) is 1.85. The third-order valence-corrected chi connectivity index (χ3v) is 2.90. The second-order valence-corrected chi connectivity index (χ2v) is 6.27. The first-order valence-corrected chi connectivity index (χ1v) is 7.55. The molecule has 1 rings (SSSR count). The Labute approximate surface area is 137 Å². The van der Waals surface area contributed by atoms with Gasteiger partial charge in [-0.3, -0.25) is 0 Å². The number of phenols is 2. The average Bonchev–Trinajstić information content (AvgIpc) is 2.39. The molecule has 1 amide bonds. The molecule has 0 aliphatic heterocycles. The van der Waals surface area contributed by atoms with E-state index in [1.807, 2.05) is 39.8 Å². The van der Waals surface area contributed by atoms with E-state index in [9.17, 15) is 15.0 Å². The number of hydrogen-bond donors (Lipinski definition) is 4. The highest BCUT2D eigenvalue weighted by molar-refractivity contribution is 5.67. The topological polar surface area (TPSA) is 90.8 Å². The number of hydrogen-bond acceptors (Lipinski definition) is 5. The number of phenolic OH excluding ortho intramolecular Hbond substituents is 2. The van der Waals surface area contributed by atoms with Crippen LogP contribution in [0.2, 0.25) is 0 Å². The molecule has 0 aliphatic carbocycles.